The number of hydrogen-bond acceptors (Lipinski definition) is 3. The average Bonchev–Trinajstić information content (AvgIpc) is 3.08. The molecule has 2 fully saturated rings. The SMILES string of the molecule is C[C@H](NC(=O)[C@H]1[C@@H]2CC[C@@H](C2)[C@@H]1C(=O)[O-])c1ccccc1. The predicted octanol–water partition coefficient (Wildman–Crippen LogP) is 1.28. The van der Waals surface area contributed by atoms with Gasteiger partial charge >= 0.3 is 0 Å². The van der Waals surface area contributed by atoms with Gasteiger partial charge < -0.3 is 15.2 Å². The van der Waals surface area contributed by atoms with Gasteiger partial charge in [0.1, 0.15) is 0 Å². The maximum absolute atomic E-state index is 12.5. The number of nitrogens with one attached hydrogen (secondary N) is 1. The van der Waals surface area contributed by atoms with Crippen LogP contribution in [0.5, 0.6) is 0 Å². The Morgan fingerprint density at radius 1 is 1.14 bits per heavy atom. The van der Waals surface area contributed by atoms with Crippen molar-refractivity contribution in [3.05, 3.63) is 35.9 Å². The molecule has 2 saturated carbocycles. The third-order valence-electron chi connectivity index (χ3n) is 5.15. The Morgan fingerprint density at radius 3 is 2.38 bits per heavy atom. The summed E-state index contributed by atoms with van der Waals surface area (Å²) in [6.45, 7) is 1.93. The third-order valence-corrected chi connectivity index (χ3v) is 5.15. The van der Waals surface area contributed by atoms with Gasteiger partial charge in [-0.1, -0.05) is 30.3 Å². The van der Waals surface area contributed by atoms with Gasteiger partial charge in [-0.2, -0.15) is 0 Å². The van der Waals surface area contributed by atoms with Gasteiger partial charge in [0.25, 0.3) is 0 Å². The molecule has 0 aliphatic heterocycles. The molecule has 3 rings (SSSR count). The first-order valence-electron chi connectivity index (χ1n) is 7.64. The molecule has 4 heteroatoms. The molecule has 5 atom stereocenters. The van der Waals surface area contributed by atoms with Gasteiger partial charge in [0.05, 0.1) is 6.04 Å². The number of benzene rings is 1. The number of amides is 1. The molecule has 0 spiro atoms. The van der Waals surface area contributed by atoms with Crippen molar-refractivity contribution in [3.63, 3.8) is 0 Å². The molecule has 1 aromatic rings. The van der Waals surface area contributed by atoms with Crippen LogP contribution in [-0.2, 0) is 9.59 Å². The average molecular weight is 286 g/mol. The van der Waals surface area contributed by atoms with E-state index in [0.29, 0.717) is 0 Å². The van der Waals surface area contributed by atoms with Crippen LogP contribution >= 0.6 is 0 Å². The molecule has 2 bridgehead atoms. The monoisotopic (exact) mass is 286 g/mol. The van der Waals surface area contributed by atoms with Crippen LogP contribution in [-0.4, -0.2) is 11.9 Å². The van der Waals surface area contributed by atoms with Crippen molar-refractivity contribution < 1.29 is 14.7 Å². The largest absolute Gasteiger partial charge is 0.550 e. The van der Waals surface area contributed by atoms with E-state index in [0.717, 1.165) is 24.8 Å². The van der Waals surface area contributed by atoms with Crippen molar-refractivity contribution in [1.29, 1.82) is 0 Å². The summed E-state index contributed by atoms with van der Waals surface area (Å²) in [6.07, 6.45) is 2.74. The molecule has 1 aromatic carbocycles. The highest BCUT2D eigenvalue weighted by Crippen LogP contribution is 2.52. The first kappa shape index (κ1) is 14.1. The zero-order valence-electron chi connectivity index (χ0n) is 12.1. The Bertz CT molecular complexity index is 542. The smallest absolute Gasteiger partial charge is 0.224 e. The van der Waals surface area contributed by atoms with E-state index < -0.39 is 17.8 Å². The van der Waals surface area contributed by atoms with Gasteiger partial charge in [-0.3, -0.25) is 4.79 Å². The zero-order valence-corrected chi connectivity index (χ0v) is 12.1. The van der Waals surface area contributed by atoms with Crippen molar-refractivity contribution in [2.75, 3.05) is 0 Å². The second kappa shape index (κ2) is 5.51. The van der Waals surface area contributed by atoms with Crippen molar-refractivity contribution in [2.45, 2.75) is 32.2 Å². The first-order valence-corrected chi connectivity index (χ1v) is 7.64. The Kier molecular flexibility index (Phi) is 3.70. The van der Waals surface area contributed by atoms with Crippen LogP contribution in [0.1, 0.15) is 37.8 Å². The summed E-state index contributed by atoms with van der Waals surface area (Å²) < 4.78 is 0. The fourth-order valence-electron chi connectivity index (χ4n) is 4.14. The van der Waals surface area contributed by atoms with E-state index in [4.69, 9.17) is 0 Å². The highest BCUT2D eigenvalue weighted by Gasteiger charge is 2.51. The van der Waals surface area contributed by atoms with Gasteiger partial charge in [0.2, 0.25) is 5.91 Å². The zero-order chi connectivity index (χ0) is 15.0. The molecule has 0 unspecified atom stereocenters. The van der Waals surface area contributed by atoms with E-state index in [9.17, 15) is 14.7 Å². The number of fused-ring (bicyclic) bond motifs is 2. The van der Waals surface area contributed by atoms with Gasteiger partial charge in [-0.15, -0.1) is 0 Å². The third kappa shape index (κ3) is 2.55. The second-order valence-electron chi connectivity index (χ2n) is 6.34. The summed E-state index contributed by atoms with van der Waals surface area (Å²) in [4.78, 5) is 23.9. The van der Waals surface area contributed by atoms with Crippen molar-refractivity contribution in [3.8, 4) is 0 Å². The lowest BCUT2D eigenvalue weighted by Crippen LogP contribution is -2.46. The van der Waals surface area contributed by atoms with E-state index in [2.05, 4.69) is 5.32 Å². The van der Waals surface area contributed by atoms with E-state index >= 15 is 0 Å². The fraction of sp³-hybridized carbons (Fsp3) is 0.529. The molecule has 0 radical (unpaired) electrons. The summed E-state index contributed by atoms with van der Waals surface area (Å²) in [5, 5.41) is 14.3. The summed E-state index contributed by atoms with van der Waals surface area (Å²) in [5.74, 6) is -1.88. The van der Waals surface area contributed by atoms with Crippen LogP contribution in [0.2, 0.25) is 0 Å². The standard InChI is InChI=1S/C17H21NO3/c1-10(11-5-3-2-4-6-11)18-16(19)14-12-7-8-13(9-12)15(14)17(20)21/h2-6,10,12-15H,7-9H2,1H3,(H,18,19)(H,20,21)/p-1/t10-,12+,13-,14-,15-/m0/s1. The highest BCUT2D eigenvalue weighted by atomic mass is 16.4. The molecule has 4 nitrogen and oxygen atoms in total. The minimum Gasteiger partial charge on any atom is -0.550 e. The number of carbonyl (C=O) groups is 2. The van der Waals surface area contributed by atoms with Gasteiger partial charge in [-0.25, -0.2) is 0 Å². The van der Waals surface area contributed by atoms with Crippen LogP contribution in [0.3, 0.4) is 0 Å². The topological polar surface area (TPSA) is 69.2 Å². The summed E-state index contributed by atoms with van der Waals surface area (Å²) >= 11 is 0. The summed E-state index contributed by atoms with van der Waals surface area (Å²) in [6, 6.07) is 9.60. The normalized spacial score (nSPS) is 31.9. The molecule has 2 aliphatic carbocycles. The Labute approximate surface area is 124 Å². The number of rotatable bonds is 4. The highest BCUT2D eigenvalue weighted by molar-refractivity contribution is 5.85. The van der Waals surface area contributed by atoms with Crippen LogP contribution < -0.4 is 10.4 Å². The van der Waals surface area contributed by atoms with Gasteiger partial charge in [0.15, 0.2) is 0 Å². The second-order valence-corrected chi connectivity index (χ2v) is 6.34. The molecule has 0 heterocycles. The molecule has 0 aromatic heterocycles. The maximum Gasteiger partial charge on any atom is 0.224 e. The van der Waals surface area contributed by atoms with Gasteiger partial charge in [-0.05, 0) is 43.6 Å². The lowest BCUT2D eigenvalue weighted by atomic mass is 9.78. The summed E-state index contributed by atoms with van der Waals surface area (Å²) in [7, 11) is 0. The minimum absolute atomic E-state index is 0.111. The lowest BCUT2D eigenvalue weighted by molar-refractivity contribution is -0.314. The Morgan fingerprint density at radius 2 is 1.76 bits per heavy atom. The quantitative estimate of drug-likeness (QED) is 0.906. The number of carbonyl (C=O) groups excluding carboxylic acids is 2. The summed E-state index contributed by atoms with van der Waals surface area (Å²) in [5.41, 5.74) is 1.03. The van der Waals surface area contributed by atoms with E-state index in [1.54, 1.807) is 0 Å². The maximum atomic E-state index is 12.5. The molecule has 1 N–H and O–H groups in total. The van der Waals surface area contributed by atoms with Crippen molar-refractivity contribution in [1.82, 2.24) is 5.32 Å². The fourth-order valence-corrected chi connectivity index (χ4v) is 4.14. The van der Waals surface area contributed by atoms with Crippen molar-refractivity contribution in [2.24, 2.45) is 23.7 Å². The molecule has 2 aliphatic rings. The van der Waals surface area contributed by atoms with Crippen LogP contribution in [0.4, 0.5) is 0 Å². The molecule has 112 valence electrons. The molecular formula is C17H20NO3-. The molecule has 0 saturated heterocycles. The van der Waals surface area contributed by atoms with E-state index in [1.165, 1.54) is 0 Å². The number of carboxylic acid groups (broad SMARTS) is 1. The Hall–Kier alpha value is -1.84. The van der Waals surface area contributed by atoms with Gasteiger partial charge in [0, 0.05) is 17.8 Å². The molecule has 1 amide bonds. The molecule has 21 heavy (non-hydrogen) atoms. The van der Waals surface area contributed by atoms with E-state index in [-0.39, 0.29) is 23.8 Å². The predicted molar refractivity (Wildman–Crippen MR) is 75.8 cm³/mol. The minimum atomic E-state index is -1.06. The Balaban J connectivity index is 1.72. The number of carboxylic acids is 1. The first-order chi connectivity index (χ1) is 10.1. The van der Waals surface area contributed by atoms with Crippen molar-refractivity contribution >= 4 is 11.9 Å². The van der Waals surface area contributed by atoms with Crippen LogP contribution in [0.15, 0.2) is 30.3 Å². The number of aliphatic carboxylic acids is 1. The van der Waals surface area contributed by atoms with E-state index in [1.807, 2.05) is 37.3 Å². The van der Waals surface area contributed by atoms with Crippen LogP contribution in [0, 0.1) is 23.7 Å². The lowest BCUT2D eigenvalue weighted by Gasteiger charge is -2.31. The molecular weight excluding hydrogens is 266 g/mol. The number of hydrogen-bond donors (Lipinski definition) is 1. The van der Waals surface area contributed by atoms with Crippen LogP contribution in [0.25, 0.3) is 0 Å².